The molecule has 1 aromatic rings. The van der Waals surface area contributed by atoms with E-state index in [1.54, 1.807) is 23.1 Å². The van der Waals surface area contributed by atoms with Crippen LogP contribution in [-0.2, 0) is 4.79 Å². The fraction of sp³-hybridized carbons (Fsp3) is 0.400. The molecule has 0 aromatic heterocycles. The third kappa shape index (κ3) is 3.36. The fourth-order valence-corrected chi connectivity index (χ4v) is 2.35. The number of hydrogen-bond acceptors (Lipinski definition) is 3. The molecule has 108 valence electrons. The summed E-state index contributed by atoms with van der Waals surface area (Å²) in [7, 11) is 0. The number of carbonyl (C=O) groups excluding carboxylic acids is 1. The highest BCUT2D eigenvalue weighted by Gasteiger charge is 2.24. The zero-order valence-electron chi connectivity index (χ0n) is 11.5. The van der Waals surface area contributed by atoms with Crippen molar-refractivity contribution >= 4 is 11.6 Å². The molecule has 0 radical (unpaired) electrons. The number of piperazine rings is 1. The second-order valence-corrected chi connectivity index (χ2v) is 4.92. The summed E-state index contributed by atoms with van der Waals surface area (Å²) in [5.41, 5.74) is 6.78. The van der Waals surface area contributed by atoms with E-state index in [4.69, 9.17) is 5.73 Å². The van der Waals surface area contributed by atoms with Crippen molar-refractivity contribution in [3.05, 3.63) is 42.7 Å². The lowest BCUT2D eigenvalue weighted by Gasteiger charge is -2.37. The third-order valence-electron chi connectivity index (χ3n) is 3.52. The molecule has 1 heterocycles. The highest BCUT2D eigenvalue weighted by Crippen LogP contribution is 2.17. The maximum atomic E-state index is 12.9. The van der Waals surface area contributed by atoms with E-state index in [9.17, 15) is 9.18 Å². The normalized spacial score (nSPS) is 16.9. The Morgan fingerprint density at radius 3 is 2.45 bits per heavy atom. The molecule has 0 bridgehead atoms. The van der Waals surface area contributed by atoms with Crippen molar-refractivity contribution in [1.82, 2.24) is 4.90 Å². The van der Waals surface area contributed by atoms with Gasteiger partial charge in [-0.05, 0) is 30.7 Å². The fourth-order valence-electron chi connectivity index (χ4n) is 2.35. The van der Waals surface area contributed by atoms with Crippen LogP contribution in [0.4, 0.5) is 10.1 Å². The Labute approximate surface area is 118 Å². The summed E-state index contributed by atoms with van der Waals surface area (Å²) in [6, 6.07) is 5.93. The third-order valence-corrected chi connectivity index (χ3v) is 3.52. The summed E-state index contributed by atoms with van der Waals surface area (Å²) < 4.78 is 12.9. The van der Waals surface area contributed by atoms with E-state index in [2.05, 4.69) is 11.5 Å². The monoisotopic (exact) mass is 277 g/mol. The van der Waals surface area contributed by atoms with Gasteiger partial charge in [-0.3, -0.25) is 4.79 Å². The SMILES string of the molecule is C=CCC(N)C(=O)N1CCN(c2ccc(F)cc2)CC1. The smallest absolute Gasteiger partial charge is 0.239 e. The molecular weight excluding hydrogens is 257 g/mol. The lowest BCUT2D eigenvalue weighted by atomic mass is 10.1. The predicted octanol–water partition coefficient (Wildman–Crippen LogP) is 1.38. The van der Waals surface area contributed by atoms with Crippen LogP contribution in [0.5, 0.6) is 0 Å². The first kappa shape index (κ1) is 14.5. The molecule has 0 saturated carbocycles. The molecule has 20 heavy (non-hydrogen) atoms. The van der Waals surface area contributed by atoms with E-state index < -0.39 is 6.04 Å². The molecule has 2 N–H and O–H groups in total. The highest BCUT2D eigenvalue weighted by molar-refractivity contribution is 5.82. The largest absolute Gasteiger partial charge is 0.368 e. The second-order valence-electron chi connectivity index (χ2n) is 4.92. The maximum absolute atomic E-state index is 12.9. The summed E-state index contributed by atoms with van der Waals surface area (Å²) in [5.74, 6) is -0.262. The second kappa shape index (κ2) is 6.52. The van der Waals surface area contributed by atoms with Gasteiger partial charge in [-0.2, -0.15) is 0 Å². The Morgan fingerprint density at radius 1 is 1.30 bits per heavy atom. The first-order valence-corrected chi connectivity index (χ1v) is 6.77. The minimum atomic E-state index is -0.495. The van der Waals surface area contributed by atoms with Crippen LogP contribution in [0.2, 0.25) is 0 Å². The number of carbonyl (C=O) groups is 1. The van der Waals surface area contributed by atoms with Crippen LogP contribution in [0.25, 0.3) is 0 Å². The Morgan fingerprint density at radius 2 is 1.90 bits per heavy atom. The molecule has 1 aromatic carbocycles. The molecule has 1 saturated heterocycles. The van der Waals surface area contributed by atoms with Crippen LogP contribution in [0, 0.1) is 5.82 Å². The molecule has 1 amide bonds. The number of amides is 1. The molecule has 1 atom stereocenters. The molecular formula is C15H20FN3O. The molecule has 0 spiro atoms. The Bertz CT molecular complexity index is 467. The molecule has 1 fully saturated rings. The molecule has 0 aliphatic carbocycles. The molecule has 5 heteroatoms. The zero-order valence-corrected chi connectivity index (χ0v) is 11.5. The minimum absolute atomic E-state index is 0.0244. The summed E-state index contributed by atoms with van der Waals surface area (Å²) in [6.07, 6.45) is 2.16. The van der Waals surface area contributed by atoms with Crippen LogP contribution in [-0.4, -0.2) is 43.0 Å². The van der Waals surface area contributed by atoms with Crippen molar-refractivity contribution < 1.29 is 9.18 Å². The van der Waals surface area contributed by atoms with Gasteiger partial charge in [0, 0.05) is 31.9 Å². The summed E-state index contributed by atoms with van der Waals surface area (Å²) in [5, 5.41) is 0. The van der Waals surface area contributed by atoms with E-state index in [1.807, 2.05) is 0 Å². The van der Waals surface area contributed by atoms with E-state index in [-0.39, 0.29) is 11.7 Å². The van der Waals surface area contributed by atoms with Gasteiger partial charge in [0.05, 0.1) is 6.04 Å². The van der Waals surface area contributed by atoms with E-state index in [0.717, 1.165) is 18.8 Å². The number of hydrogen-bond donors (Lipinski definition) is 1. The average Bonchev–Trinajstić information content (AvgIpc) is 2.48. The van der Waals surface area contributed by atoms with Gasteiger partial charge < -0.3 is 15.5 Å². The van der Waals surface area contributed by atoms with Gasteiger partial charge >= 0.3 is 0 Å². The quantitative estimate of drug-likeness (QED) is 0.846. The van der Waals surface area contributed by atoms with E-state index >= 15 is 0 Å². The molecule has 1 aliphatic heterocycles. The average molecular weight is 277 g/mol. The Hall–Kier alpha value is -1.88. The Balaban J connectivity index is 1.90. The highest BCUT2D eigenvalue weighted by atomic mass is 19.1. The number of nitrogens with zero attached hydrogens (tertiary/aromatic N) is 2. The molecule has 2 rings (SSSR count). The number of rotatable bonds is 4. The van der Waals surface area contributed by atoms with Gasteiger partial charge in [0.2, 0.25) is 5.91 Å². The van der Waals surface area contributed by atoms with Gasteiger partial charge in [-0.15, -0.1) is 6.58 Å². The summed E-state index contributed by atoms with van der Waals surface area (Å²) >= 11 is 0. The van der Waals surface area contributed by atoms with Crippen LogP contribution < -0.4 is 10.6 Å². The molecule has 1 unspecified atom stereocenters. The first-order chi connectivity index (χ1) is 9.61. The van der Waals surface area contributed by atoms with Crippen molar-refractivity contribution in [2.75, 3.05) is 31.1 Å². The van der Waals surface area contributed by atoms with Crippen molar-refractivity contribution in [2.45, 2.75) is 12.5 Å². The number of halogens is 1. The van der Waals surface area contributed by atoms with Gasteiger partial charge in [0.25, 0.3) is 0 Å². The zero-order chi connectivity index (χ0) is 14.5. The maximum Gasteiger partial charge on any atom is 0.239 e. The van der Waals surface area contributed by atoms with Gasteiger partial charge in [-0.25, -0.2) is 4.39 Å². The van der Waals surface area contributed by atoms with Crippen LogP contribution in [0.15, 0.2) is 36.9 Å². The van der Waals surface area contributed by atoms with Crippen LogP contribution >= 0.6 is 0 Å². The van der Waals surface area contributed by atoms with Crippen molar-refractivity contribution in [3.8, 4) is 0 Å². The lowest BCUT2D eigenvalue weighted by Crippen LogP contribution is -2.53. The lowest BCUT2D eigenvalue weighted by molar-refractivity contribution is -0.132. The van der Waals surface area contributed by atoms with Crippen molar-refractivity contribution in [1.29, 1.82) is 0 Å². The van der Waals surface area contributed by atoms with E-state index in [1.165, 1.54) is 12.1 Å². The van der Waals surface area contributed by atoms with Crippen LogP contribution in [0.3, 0.4) is 0 Å². The van der Waals surface area contributed by atoms with Gasteiger partial charge in [0.1, 0.15) is 5.82 Å². The van der Waals surface area contributed by atoms with Gasteiger partial charge in [0.15, 0.2) is 0 Å². The summed E-state index contributed by atoms with van der Waals surface area (Å²) in [4.78, 5) is 16.0. The Kier molecular flexibility index (Phi) is 4.74. The molecule has 1 aliphatic rings. The van der Waals surface area contributed by atoms with Gasteiger partial charge in [-0.1, -0.05) is 6.08 Å². The topological polar surface area (TPSA) is 49.6 Å². The van der Waals surface area contributed by atoms with Crippen molar-refractivity contribution in [3.63, 3.8) is 0 Å². The van der Waals surface area contributed by atoms with Crippen molar-refractivity contribution in [2.24, 2.45) is 5.73 Å². The standard InChI is InChI=1S/C15H20FN3O/c1-2-3-14(17)15(20)19-10-8-18(9-11-19)13-6-4-12(16)5-7-13/h2,4-7,14H,1,3,8-11,17H2. The first-order valence-electron chi connectivity index (χ1n) is 6.77. The van der Waals surface area contributed by atoms with E-state index in [0.29, 0.717) is 19.5 Å². The minimum Gasteiger partial charge on any atom is -0.368 e. The predicted molar refractivity (Wildman–Crippen MR) is 78.0 cm³/mol. The summed E-state index contributed by atoms with van der Waals surface area (Å²) in [6.45, 7) is 6.35. The number of benzene rings is 1. The molecule has 4 nitrogen and oxygen atoms in total. The number of anilines is 1. The number of nitrogens with two attached hydrogens (primary N) is 1. The van der Waals surface area contributed by atoms with Crippen LogP contribution in [0.1, 0.15) is 6.42 Å².